The molecule has 2 rings (SSSR count). The molecule has 0 heterocycles. The van der Waals surface area contributed by atoms with Crippen molar-refractivity contribution in [2.75, 3.05) is 27.4 Å². The van der Waals surface area contributed by atoms with Crippen molar-refractivity contribution in [3.05, 3.63) is 53.6 Å². The normalized spacial score (nSPS) is 10.4. The first-order valence-electron chi connectivity index (χ1n) is 7.93. The van der Waals surface area contributed by atoms with E-state index in [1.807, 2.05) is 37.4 Å². The summed E-state index contributed by atoms with van der Waals surface area (Å²) in [7, 11) is 3.56. The molecule has 0 fully saturated rings. The summed E-state index contributed by atoms with van der Waals surface area (Å²) < 4.78 is 16.8. The largest absolute Gasteiger partial charge is 0.493 e. The second kappa shape index (κ2) is 9.06. The summed E-state index contributed by atoms with van der Waals surface area (Å²) in [5.74, 6) is 2.34. The Hall–Kier alpha value is -2.20. The molecule has 0 aliphatic rings. The van der Waals surface area contributed by atoms with Gasteiger partial charge in [0, 0.05) is 6.54 Å². The molecule has 4 heteroatoms. The molecule has 23 heavy (non-hydrogen) atoms. The van der Waals surface area contributed by atoms with E-state index in [1.54, 1.807) is 7.11 Å². The third kappa shape index (κ3) is 5.18. The second-order valence-corrected chi connectivity index (χ2v) is 5.21. The Kier molecular flexibility index (Phi) is 6.76. The molecule has 0 aromatic heterocycles. The van der Waals surface area contributed by atoms with Crippen molar-refractivity contribution in [1.29, 1.82) is 0 Å². The van der Waals surface area contributed by atoms with Crippen molar-refractivity contribution < 1.29 is 14.2 Å². The molecule has 0 spiro atoms. The Bertz CT molecular complexity index is 596. The van der Waals surface area contributed by atoms with Crippen LogP contribution in [0.15, 0.2) is 42.5 Å². The van der Waals surface area contributed by atoms with Crippen LogP contribution in [0.1, 0.15) is 18.1 Å². The Morgan fingerprint density at radius 1 is 0.870 bits per heavy atom. The maximum Gasteiger partial charge on any atom is 0.161 e. The van der Waals surface area contributed by atoms with Crippen molar-refractivity contribution >= 4 is 0 Å². The lowest BCUT2D eigenvalue weighted by molar-refractivity contribution is 0.211. The highest BCUT2D eigenvalue weighted by molar-refractivity contribution is 5.43. The van der Waals surface area contributed by atoms with Gasteiger partial charge in [-0.25, -0.2) is 0 Å². The van der Waals surface area contributed by atoms with E-state index >= 15 is 0 Å². The summed E-state index contributed by atoms with van der Waals surface area (Å²) in [6.45, 7) is 3.89. The molecule has 2 aromatic carbocycles. The second-order valence-electron chi connectivity index (χ2n) is 5.21. The average molecular weight is 315 g/mol. The number of nitrogens with one attached hydrogen (secondary N) is 1. The smallest absolute Gasteiger partial charge is 0.161 e. The molecule has 0 amide bonds. The van der Waals surface area contributed by atoms with Crippen molar-refractivity contribution in [3.8, 4) is 17.2 Å². The van der Waals surface area contributed by atoms with E-state index in [1.165, 1.54) is 5.56 Å². The van der Waals surface area contributed by atoms with Crippen LogP contribution in [0.3, 0.4) is 0 Å². The van der Waals surface area contributed by atoms with E-state index in [2.05, 4.69) is 24.4 Å². The van der Waals surface area contributed by atoms with Crippen LogP contribution in [0.2, 0.25) is 0 Å². The molecule has 0 saturated carbocycles. The van der Waals surface area contributed by atoms with Gasteiger partial charge in [0.1, 0.15) is 19.0 Å². The molecular weight excluding hydrogens is 290 g/mol. The molecule has 2 aromatic rings. The fraction of sp³-hybridized carbons (Fsp3) is 0.368. The number of methoxy groups -OCH3 is 1. The summed E-state index contributed by atoms with van der Waals surface area (Å²) in [6, 6.07) is 14.1. The molecule has 0 aliphatic carbocycles. The van der Waals surface area contributed by atoms with Crippen LogP contribution in [0.4, 0.5) is 0 Å². The van der Waals surface area contributed by atoms with Gasteiger partial charge >= 0.3 is 0 Å². The number of aryl methyl sites for hydroxylation is 1. The van der Waals surface area contributed by atoms with Crippen molar-refractivity contribution in [3.63, 3.8) is 0 Å². The van der Waals surface area contributed by atoms with Gasteiger partial charge in [0.2, 0.25) is 0 Å². The van der Waals surface area contributed by atoms with E-state index in [0.717, 1.165) is 35.8 Å². The first-order chi connectivity index (χ1) is 11.3. The van der Waals surface area contributed by atoms with Crippen LogP contribution in [-0.2, 0) is 13.0 Å². The Morgan fingerprint density at radius 3 is 2.22 bits per heavy atom. The number of hydrogen-bond donors (Lipinski definition) is 1. The Balaban J connectivity index is 1.86. The zero-order valence-corrected chi connectivity index (χ0v) is 14.1. The predicted molar refractivity (Wildman–Crippen MR) is 92.6 cm³/mol. The molecule has 0 unspecified atom stereocenters. The van der Waals surface area contributed by atoms with Gasteiger partial charge in [-0.2, -0.15) is 0 Å². The average Bonchev–Trinajstić information content (AvgIpc) is 2.60. The number of ether oxygens (including phenoxy) is 3. The van der Waals surface area contributed by atoms with E-state index < -0.39 is 0 Å². The minimum atomic E-state index is 0.467. The van der Waals surface area contributed by atoms with Gasteiger partial charge in [-0.05, 0) is 48.9 Å². The van der Waals surface area contributed by atoms with E-state index in [4.69, 9.17) is 14.2 Å². The van der Waals surface area contributed by atoms with Crippen LogP contribution >= 0.6 is 0 Å². The van der Waals surface area contributed by atoms with E-state index in [9.17, 15) is 0 Å². The van der Waals surface area contributed by atoms with E-state index in [-0.39, 0.29) is 0 Å². The third-order valence-corrected chi connectivity index (χ3v) is 3.55. The molecule has 1 N–H and O–H groups in total. The third-order valence-electron chi connectivity index (χ3n) is 3.55. The van der Waals surface area contributed by atoms with Crippen LogP contribution in [0, 0.1) is 0 Å². The van der Waals surface area contributed by atoms with Crippen LogP contribution in [0.5, 0.6) is 17.2 Å². The van der Waals surface area contributed by atoms with Crippen LogP contribution in [0.25, 0.3) is 0 Å². The summed E-state index contributed by atoms with van der Waals surface area (Å²) in [6.07, 6.45) is 1.03. The minimum Gasteiger partial charge on any atom is -0.493 e. The highest BCUT2D eigenvalue weighted by Crippen LogP contribution is 2.28. The SMILES string of the molecule is CCc1ccc(OCCOc2cc(CNC)ccc2OC)cc1. The van der Waals surface area contributed by atoms with Gasteiger partial charge in [-0.3, -0.25) is 0 Å². The number of hydrogen-bond acceptors (Lipinski definition) is 4. The molecule has 0 radical (unpaired) electrons. The van der Waals surface area contributed by atoms with Crippen molar-refractivity contribution in [2.24, 2.45) is 0 Å². The molecule has 4 nitrogen and oxygen atoms in total. The standard InChI is InChI=1S/C19H25NO3/c1-4-15-5-8-17(9-6-15)22-11-12-23-19-13-16(14-20-2)7-10-18(19)21-3/h5-10,13,20H,4,11-12,14H2,1-3H3. The summed E-state index contributed by atoms with van der Waals surface area (Å²) in [5, 5.41) is 3.13. The first-order valence-corrected chi connectivity index (χ1v) is 7.93. The fourth-order valence-corrected chi connectivity index (χ4v) is 2.28. The quantitative estimate of drug-likeness (QED) is 0.720. The Morgan fingerprint density at radius 2 is 1.57 bits per heavy atom. The number of benzene rings is 2. The fourth-order valence-electron chi connectivity index (χ4n) is 2.28. The van der Waals surface area contributed by atoms with Crippen LogP contribution in [-0.4, -0.2) is 27.4 Å². The summed E-state index contributed by atoms with van der Waals surface area (Å²) in [4.78, 5) is 0. The van der Waals surface area contributed by atoms with Gasteiger partial charge in [0.15, 0.2) is 11.5 Å². The van der Waals surface area contributed by atoms with Gasteiger partial charge < -0.3 is 19.5 Å². The van der Waals surface area contributed by atoms with Crippen molar-refractivity contribution in [2.45, 2.75) is 19.9 Å². The number of rotatable bonds is 9. The lowest BCUT2D eigenvalue weighted by Crippen LogP contribution is -2.10. The van der Waals surface area contributed by atoms with Gasteiger partial charge in [-0.15, -0.1) is 0 Å². The summed E-state index contributed by atoms with van der Waals surface area (Å²) >= 11 is 0. The molecule has 0 bridgehead atoms. The lowest BCUT2D eigenvalue weighted by Gasteiger charge is -2.13. The lowest BCUT2D eigenvalue weighted by atomic mass is 10.2. The minimum absolute atomic E-state index is 0.467. The molecule has 0 saturated heterocycles. The van der Waals surface area contributed by atoms with Gasteiger partial charge in [0.05, 0.1) is 7.11 Å². The Labute approximate surface area is 138 Å². The zero-order chi connectivity index (χ0) is 16.5. The monoisotopic (exact) mass is 315 g/mol. The van der Waals surface area contributed by atoms with Crippen molar-refractivity contribution in [1.82, 2.24) is 5.32 Å². The van der Waals surface area contributed by atoms with Gasteiger partial charge in [0.25, 0.3) is 0 Å². The highest BCUT2D eigenvalue weighted by atomic mass is 16.5. The maximum absolute atomic E-state index is 5.80. The zero-order valence-electron chi connectivity index (χ0n) is 14.1. The highest BCUT2D eigenvalue weighted by Gasteiger charge is 2.06. The molecular formula is C19H25NO3. The molecule has 0 atom stereocenters. The predicted octanol–water partition coefficient (Wildman–Crippen LogP) is 3.43. The topological polar surface area (TPSA) is 39.7 Å². The first kappa shape index (κ1) is 17.2. The summed E-state index contributed by atoms with van der Waals surface area (Å²) in [5.41, 5.74) is 2.46. The van der Waals surface area contributed by atoms with E-state index in [0.29, 0.717) is 13.2 Å². The molecule has 124 valence electrons. The van der Waals surface area contributed by atoms with Crippen LogP contribution < -0.4 is 19.5 Å². The molecule has 0 aliphatic heterocycles. The van der Waals surface area contributed by atoms with Gasteiger partial charge in [-0.1, -0.05) is 25.1 Å². The maximum atomic E-state index is 5.80.